The number of carbonyl (C=O) groups is 3. The summed E-state index contributed by atoms with van der Waals surface area (Å²) in [6.07, 6.45) is 0. The van der Waals surface area contributed by atoms with E-state index in [0.717, 1.165) is 0 Å². The second-order valence-corrected chi connectivity index (χ2v) is 6.23. The lowest BCUT2D eigenvalue weighted by atomic mass is 10.0. The highest BCUT2D eigenvalue weighted by Crippen LogP contribution is 2.17. The van der Waals surface area contributed by atoms with Crippen LogP contribution in [0.5, 0.6) is 5.75 Å². The third-order valence-electron chi connectivity index (χ3n) is 3.35. The van der Waals surface area contributed by atoms with Crippen LogP contribution in [0.3, 0.4) is 0 Å². The average molecular weight is 350 g/mol. The molecule has 0 saturated carbocycles. The van der Waals surface area contributed by atoms with E-state index < -0.39 is 17.9 Å². The minimum atomic E-state index is -0.871. The van der Waals surface area contributed by atoms with Gasteiger partial charge >= 0.3 is 5.97 Å². The Hall–Kier alpha value is -2.57. The maximum Gasteiger partial charge on any atom is 0.329 e. The number of para-hydroxylation sites is 1. The molecule has 0 aliphatic heterocycles. The summed E-state index contributed by atoms with van der Waals surface area (Å²) in [6.45, 7) is 6.80. The Morgan fingerprint density at radius 2 is 1.68 bits per heavy atom. The Morgan fingerprint density at radius 3 is 2.24 bits per heavy atom. The van der Waals surface area contributed by atoms with Gasteiger partial charge in [-0.15, -0.1) is 0 Å². The summed E-state index contributed by atoms with van der Waals surface area (Å²) >= 11 is 0. The summed E-state index contributed by atoms with van der Waals surface area (Å²) in [7, 11) is 1.47. The Kier molecular flexibility index (Phi) is 7.91. The molecule has 2 amide bonds. The smallest absolute Gasteiger partial charge is 0.329 e. The van der Waals surface area contributed by atoms with Crippen molar-refractivity contribution in [1.82, 2.24) is 10.6 Å². The van der Waals surface area contributed by atoms with Gasteiger partial charge in [0, 0.05) is 6.04 Å². The molecule has 0 aliphatic carbocycles. The minimum Gasteiger partial charge on any atom is -0.496 e. The summed E-state index contributed by atoms with van der Waals surface area (Å²) in [5.41, 5.74) is 0.320. The Balaban J connectivity index is 2.74. The van der Waals surface area contributed by atoms with Crippen molar-refractivity contribution in [2.24, 2.45) is 5.92 Å². The number of nitrogens with one attached hydrogen (secondary N) is 2. The molecule has 0 aromatic heterocycles. The lowest BCUT2D eigenvalue weighted by molar-refractivity contribution is -0.151. The molecule has 0 fully saturated rings. The van der Waals surface area contributed by atoms with Gasteiger partial charge < -0.3 is 20.1 Å². The van der Waals surface area contributed by atoms with Crippen molar-refractivity contribution in [1.29, 1.82) is 0 Å². The van der Waals surface area contributed by atoms with Crippen molar-refractivity contribution in [2.75, 3.05) is 13.7 Å². The molecule has 0 radical (unpaired) electrons. The quantitative estimate of drug-likeness (QED) is 0.693. The van der Waals surface area contributed by atoms with Gasteiger partial charge in [0.15, 0.2) is 6.61 Å². The molecule has 0 bridgehead atoms. The van der Waals surface area contributed by atoms with E-state index in [1.165, 1.54) is 7.11 Å². The summed E-state index contributed by atoms with van der Waals surface area (Å²) in [5.74, 6) is -1.29. The Morgan fingerprint density at radius 1 is 1.04 bits per heavy atom. The van der Waals surface area contributed by atoms with E-state index in [1.807, 2.05) is 13.8 Å². The molecule has 7 heteroatoms. The van der Waals surface area contributed by atoms with Crippen molar-refractivity contribution < 1.29 is 23.9 Å². The van der Waals surface area contributed by atoms with Gasteiger partial charge in [0.25, 0.3) is 11.8 Å². The van der Waals surface area contributed by atoms with Gasteiger partial charge in [-0.2, -0.15) is 0 Å². The summed E-state index contributed by atoms with van der Waals surface area (Å²) < 4.78 is 10.2. The van der Waals surface area contributed by atoms with Crippen molar-refractivity contribution in [2.45, 2.75) is 39.8 Å². The van der Waals surface area contributed by atoms with Crippen LogP contribution < -0.4 is 15.4 Å². The van der Waals surface area contributed by atoms with Crippen LogP contribution in [0, 0.1) is 5.92 Å². The number of methoxy groups -OCH3 is 1. The van der Waals surface area contributed by atoms with Crippen LogP contribution >= 0.6 is 0 Å². The van der Waals surface area contributed by atoms with Gasteiger partial charge in [-0.1, -0.05) is 26.0 Å². The Labute approximate surface area is 148 Å². The normalized spacial score (nSPS) is 11.8. The molecule has 0 aliphatic rings. The lowest BCUT2D eigenvalue weighted by Gasteiger charge is -2.21. The largest absolute Gasteiger partial charge is 0.496 e. The second-order valence-electron chi connectivity index (χ2n) is 6.23. The topological polar surface area (TPSA) is 93.7 Å². The average Bonchev–Trinajstić information content (AvgIpc) is 2.56. The van der Waals surface area contributed by atoms with E-state index in [2.05, 4.69) is 10.6 Å². The number of hydrogen-bond acceptors (Lipinski definition) is 5. The monoisotopic (exact) mass is 350 g/mol. The maximum atomic E-state index is 12.4. The van der Waals surface area contributed by atoms with E-state index in [-0.39, 0.29) is 24.5 Å². The van der Waals surface area contributed by atoms with E-state index in [4.69, 9.17) is 9.47 Å². The zero-order valence-electron chi connectivity index (χ0n) is 15.3. The van der Waals surface area contributed by atoms with E-state index in [9.17, 15) is 14.4 Å². The van der Waals surface area contributed by atoms with Crippen molar-refractivity contribution >= 4 is 17.8 Å². The molecule has 0 spiro atoms. The molecule has 0 saturated heterocycles. The van der Waals surface area contributed by atoms with Gasteiger partial charge in [0.2, 0.25) is 0 Å². The van der Waals surface area contributed by atoms with Gasteiger partial charge in [-0.05, 0) is 31.9 Å². The molecular formula is C18H26N2O5. The number of carbonyl (C=O) groups excluding carboxylic acids is 3. The molecule has 1 rings (SSSR count). The molecule has 2 N–H and O–H groups in total. The summed E-state index contributed by atoms with van der Waals surface area (Å²) in [4.78, 5) is 36.3. The molecule has 0 unspecified atom stereocenters. The van der Waals surface area contributed by atoms with Crippen LogP contribution in [0.25, 0.3) is 0 Å². The molecule has 1 aromatic carbocycles. The first kappa shape index (κ1) is 20.5. The SMILES string of the molecule is COc1ccccc1C(=O)N[C@H](C(=O)OCC(=O)NC(C)C)C(C)C. The third-order valence-corrected chi connectivity index (χ3v) is 3.35. The van der Waals surface area contributed by atoms with Crippen molar-refractivity contribution in [3.63, 3.8) is 0 Å². The molecule has 1 atom stereocenters. The fourth-order valence-corrected chi connectivity index (χ4v) is 2.14. The predicted octanol–water partition coefficient (Wildman–Crippen LogP) is 1.52. The van der Waals surface area contributed by atoms with Crippen LogP contribution in [0.2, 0.25) is 0 Å². The van der Waals surface area contributed by atoms with E-state index in [1.54, 1.807) is 38.1 Å². The highest BCUT2D eigenvalue weighted by atomic mass is 16.5. The zero-order chi connectivity index (χ0) is 19.0. The van der Waals surface area contributed by atoms with Crippen LogP contribution in [-0.4, -0.2) is 43.6 Å². The van der Waals surface area contributed by atoms with Crippen LogP contribution in [0.4, 0.5) is 0 Å². The van der Waals surface area contributed by atoms with Crippen molar-refractivity contribution in [3.05, 3.63) is 29.8 Å². The van der Waals surface area contributed by atoms with Crippen molar-refractivity contribution in [3.8, 4) is 5.75 Å². The van der Waals surface area contributed by atoms with Gasteiger partial charge in [0.1, 0.15) is 11.8 Å². The highest BCUT2D eigenvalue weighted by molar-refractivity contribution is 5.99. The highest BCUT2D eigenvalue weighted by Gasteiger charge is 2.27. The molecular weight excluding hydrogens is 324 g/mol. The molecule has 25 heavy (non-hydrogen) atoms. The number of benzene rings is 1. The van der Waals surface area contributed by atoms with E-state index in [0.29, 0.717) is 11.3 Å². The fourth-order valence-electron chi connectivity index (χ4n) is 2.14. The molecule has 138 valence electrons. The first-order valence-electron chi connectivity index (χ1n) is 8.16. The Bertz CT molecular complexity index is 613. The van der Waals surface area contributed by atoms with Gasteiger partial charge in [-0.25, -0.2) is 4.79 Å². The summed E-state index contributed by atoms with van der Waals surface area (Å²) in [6, 6.07) is 5.80. The first-order chi connectivity index (χ1) is 11.8. The number of hydrogen-bond donors (Lipinski definition) is 2. The lowest BCUT2D eigenvalue weighted by Crippen LogP contribution is -2.46. The van der Waals surface area contributed by atoms with Gasteiger partial charge in [-0.3, -0.25) is 9.59 Å². The van der Waals surface area contributed by atoms with Crippen LogP contribution in [-0.2, 0) is 14.3 Å². The van der Waals surface area contributed by atoms with E-state index >= 15 is 0 Å². The molecule has 0 heterocycles. The molecule has 7 nitrogen and oxygen atoms in total. The summed E-state index contributed by atoms with van der Waals surface area (Å²) in [5, 5.41) is 5.27. The van der Waals surface area contributed by atoms with Gasteiger partial charge in [0.05, 0.1) is 12.7 Å². The van der Waals surface area contributed by atoms with Crippen LogP contribution in [0.1, 0.15) is 38.1 Å². The maximum absolute atomic E-state index is 12.4. The number of rotatable bonds is 8. The van der Waals surface area contributed by atoms with Crippen LogP contribution in [0.15, 0.2) is 24.3 Å². The number of esters is 1. The predicted molar refractivity (Wildman–Crippen MR) is 93.3 cm³/mol. The minimum absolute atomic E-state index is 0.0441. The number of amides is 2. The standard InChI is InChI=1S/C18H26N2O5/c1-11(2)16(18(23)25-10-15(21)19-12(3)4)20-17(22)13-8-6-7-9-14(13)24-5/h6-9,11-12,16H,10H2,1-5H3,(H,19,21)(H,20,22)/t16-/m0/s1. The number of ether oxygens (including phenoxy) is 2. The molecule has 1 aromatic rings. The second kappa shape index (κ2) is 9.66. The third kappa shape index (κ3) is 6.45. The first-order valence-corrected chi connectivity index (χ1v) is 8.16. The zero-order valence-corrected chi connectivity index (χ0v) is 15.3. The fraction of sp³-hybridized carbons (Fsp3) is 0.500.